The van der Waals surface area contributed by atoms with Crippen LogP contribution in [0.25, 0.3) is 0 Å². The first-order valence-electron chi connectivity index (χ1n) is 8.80. The molecule has 152 valence electrons. The molecule has 0 fully saturated rings. The quantitative estimate of drug-likeness (QED) is 0.353. The first-order valence-corrected chi connectivity index (χ1v) is 9.58. The lowest BCUT2D eigenvalue weighted by Gasteiger charge is -2.11. The summed E-state index contributed by atoms with van der Waals surface area (Å²) in [6, 6.07) is 16.1. The van der Waals surface area contributed by atoms with Crippen LogP contribution in [0.1, 0.15) is 28.8 Å². The molecule has 2 amide bonds. The number of hydrogen-bond acceptors (Lipinski definition) is 5. The van der Waals surface area contributed by atoms with Gasteiger partial charge in [-0.1, -0.05) is 54.1 Å². The molecule has 0 atom stereocenters. The van der Waals surface area contributed by atoms with Gasteiger partial charge in [-0.25, -0.2) is 0 Å². The van der Waals surface area contributed by atoms with Crippen molar-refractivity contribution in [3.63, 3.8) is 0 Å². The third-order valence-electron chi connectivity index (χ3n) is 3.71. The van der Waals surface area contributed by atoms with Crippen molar-refractivity contribution in [2.24, 2.45) is 0 Å². The van der Waals surface area contributed by atoms with E-state index in [4.69, 9.17) is 28.6 Å². The zero-order chi connectivity index (χ0) is 21.1. The number of halogens is 1. The lowest BCUT2D eigenvalue weighted by Crippen LogP contribution is -2.48. The molecule has 0 radical (unpaired) electrons. The fraction of sp³-hybridized carbons (Fsp3) is 0.200. The second-order valence-corrected chi connectivity index (χ2v) is 6.71. The van der Waals surface area contributed by atoms with Gasteiger partial charge >= 0.3 is 5.97 Å². The van der Waals surface area contributed by atoms with Gasteiger partial charge in [0.15, 0.2) is 5.11 Å². The van der Waals surface area contributed by atoms with E-state index in [9.17, 15) is 14.4 Å². The number of hydrogen-bond donors (Lipinski definition) is 3. The Kier molecular flexibility index (Phi) is 9.07. The summed E-state index contributed by atoms with van der Waals surface area (Å²) in [5.41, 5.74) is 6.06. The molecule has 0 unspecified atom stereocenters. The van der Waals surface area contributed by atoms with E-state index in [-0.39, 0.29) is 35.1 Å². The SMILES string of the molecule is O=C(CCC(=O)OCCc1ccccc1)NC(=S)NNC(=O)c1ccccc1Cl. The Morgan fingerprint density at radius 1 is 0.931 bits per heavy atom. The molecule has 0 saturated carbocycles. The molecule has 29 heavy (non-hydrogen) atoms. The minimum atomic E-state index is -0.505. The van der Waals surface area contributed by atoms with Crippen molar-refractivity contribution in [2.45, 2.75) is 19.3 Å². The van der Waals surface area contributed by atoms with Gasteiger partial charge in [0.25, 0.3) is 5.91 Å². The van der Waals surface area contributed by atoms with Crippen LogP contribution in [0.2, 0.25) is 5.02 Å². The van der Waals surface area contributed by atoms with Crippen LogP contribution in [0, 0.1) is 0 Å². The zero-order valence-corrected chi connectivity index (χ0v) is 17.0. The topological polar surface area (TPSA) is 96.5 Å². The Labute approximate surface area is 178 Å². The molecule has 0 bridgehead atoms. The van der Waals surface area contributed by atoms with Gasteiger partial charge < -0.3 is 10.1 Å². The first-order chi connectivity index (χ1) is 14.0. The fourth-order valence-electron chi connectivity index (χ4n) is 2.26. The van der Waals surface area contributed by atoms with E-state index in [0.29, 0.717) is 6.42 Å². The Morgan fingerprint density at radius 3 is 2.34 bits per heavy atom. The molecule has 0 spiro atoms. The first kappa shape index (κ1) is 22.3. The van der Waals surface area contributed by atoms with Crippen LogP contribution in [-0.4, -0.2) is 29.5 Å². The summed E-state index contributed by atoms with van der Waals surface area (Å²) in [5, 5.41) is 2.55. The summed E-state index contributed by atoms with van der Waals surface area (Å²) in [6.45, 7) is 0.249. The molecule has 2 rings (SSSR count). The van der Waals surface area contributed by atoms with Crippen molar-refractivity contribution >= 4 is 46.7 Å². The number of benzene rings is 2. The minimum absolute atomic E-state index is 0.0742. The lowest BCUT2D eigenvalue weighted by molar-refractivity contribution is -0.144. The van der Waals surface area contributed by atoms with E-state index >= 15 is 0 Å². The summed E-state index contributed by atoms with van der Waals surface area (Å²) in [4.78, 5) is 35.5. The van der Waals surface area contributed by atoms with Crippen LogP contribution < -0.4 is 16.2 Å². The van der Waals surface area contributed by atoms with Crippen molar-refractivity contribution < 1.29 is 19.1 Å². The van der Waals surface area contributed by atoms with Crippen LogP contribution in [0.5, 0.6) is 0 Å². The molecular weight excluding hydrogens is 414 g/mol. The minimum Gasteiger partial charge on any atom is -0.465 e. The monoisotopic (exact) mass is 433 g/mol. The van der Waals surface area contributed by atoms with Crippen LogP contribution in [0.15, 0.2) is 54.6 Å². The largest absolute Gasteiger partial charge is 0.465 e. The van der Waals surface area contributed by atoms with Gasteiger partial charge in [0.1, 0.15) is 0 Å². The number of thiocarbonyl (C=S) groups is 1. The molecule has 2 aromatic carbocycles. The van der Waals surface area contributed by atoms with Gasteiger partial charge in [0, 0.05) is 12.8 Å². The van der Waals surface area contributed by atoms with Crippen LogP contribution >= 0.6 is 23.8 Å². The number of carbonyl (C=O) groups is 3. The Hall–Kier alpha value is -2.97. The number of esters is 1. The number of ether oxygens (including phenoxy) is 1. The molecule has 0 heterocycles. The highest BCUT2D eigenvalue weighted by atomic mass is 35.5. The Balaban J connectivity index is 1.61. The van der Waals surface area contributed by atoms with Gasteiger partial charge in [0.2, 0.25) is 5.91 Å². The van der Waals surface area contributed by atoms with E-state index in [1.165, 1.54) is 0 Å². The molecule has 2 aromatic rings. The average molecular weight is 434 g/mol. The number of nitrogens with one attached hydrogen (secondary N) is 3. The summed E-state index contributed by atoms with van der Waals surface area (Å²) in [7, 11) is 0. The number of rotatable bonds is 7. The van der Waals surface area contributed by atoms with Crippen molar-refractivity contribution in [3.05, 3.63) is 70.7 Å². The maximum Gasteiger partial charge on any atom is 0.306 e. The number of carbonyl (C=O) groups excluding carboxylic acids is 3. The van der Waals surface area contributed by atoms with Gasteiger partial charge in [0.05, 0.1) is 23.6 Å². The summed E-state index contributed by atoms with van der Waals surface area (Å²) in [5.74, 6) is -1.45. The van der Waals surface area contributed by atoms with Gasteiger partial charge in [-0.3, -0.25) is 25.2 Å². The maximum atomic E-state index is 12.0. The van der Waals surface area contributed by atoms with Gasteiger partial charge in [-0.15, -0.1) is 0 Å². The van der Waals surface area contributed by atoms with Crippen LogP contribution in [-0.2, 0) is 20.7 Å². The van der Waals surface area contributed by atoms with E-state index < -0.39 is 17.8 Å². The maximum absolute atomic E-state index is 12.0. The third-order valence-corrected chi connectivity index (χ3v) is 4.25. The third kappa shape index (κ3) is 8.28. The van der Waals surface area contributed by atoms with Gasteiger partial charge in [-0.2, -0.15) is 0 Å². The molecular formula is C20H20ClN3O4S. The molecule has 3 N–H and O–H groups in total. The highest BCUT2D eigenvalue weighted by molar-refractivity contribution is 7.80. The predicted octanol–water partition coefficient (Wildman–Crippen LogP) is 2.54. The van der Waals surface area contributed by atoms with Crippen LogP contribution in [0.4, 0.5) is 0 Å². The zero-order valence-electron chi connectivity index (χ0n) is 15.4. The fourth-order valence-corrected chi connectivity index (χ4v) is 2.65. The van der Waals surface area contributed by atoms with Crippen molar-refractivity contribution in [3.8, 4) is 0 Å². The normalized spacial score (nSPS) is 9.97. The smallest absolute Gasteiger partial charge is 0.306 e. The highest BCUT2D eigenvalue weighted by Crippen LogP contribution is 2.14. The highest BCUT2D eigenvalue weighted by Gasteiger charge is 2.12. The molecule has 9 heteroatoms. The van der Waals surface area contributed by atoms with Crippen molar-refractivity contribution in [2.75, 3.05) is 6.61 Å². The molecule has 0 aliphatic rings. The van der Waals surface area contributed by atoms with Gasteiger partial charge in [-0.05, 0) is 29.9 Å². The van der Waals surface area contributed by atoms with E-state index in [1.807, 2.05) is 30.3 Å². The summed E-state index contributed by atoms with van der Waals surface area (Å²) >= 11 is 10.9. The van der Waals surface area contributed by atoms with E-state index in [1.54, 1.807) is 24.3 Å². The standard InChI is InChI=1S/C20H20ClN3O4S/c21-16-9-5-4-8-15(16)19(27)23-24-20(29)22-17(25)10-11-18(26)28-13-12-14-6-2-1-3-7-14/h1-9H,10-13H2,(H,23,27)(H2,22,24,25,29). The summed E-state index contributed by atoms with van der Waals surface area (Å²) in [6.07, 6.45) is 0.442. The Morgan fingerprint density at radius 2 is 1.62 bits per heavy atom. The van der Waals surface area contributed by atoms with Crippen molar-refractivity contribution in [1.29, 1.82) is 0 Å². The molecule has 0 aliphatic carbocycles. The second-order valence-electron chi connectivity index (χ2n) is 5.89. The Bertz CT molecular complexity index is 877. The van der Waals surface area contributed by atoms with E-state index in [2.05, 4.69) is 16.2 Å². The lowest BCUT2D eigenvalue weighted by atomic mass is 10.2. The van der Waals surface area contributed by atoms with Crippen LogP contribution in [0.3, 0.4) is 0 Å². The summed E-state index contributed by atoms with van der Waals surface area (Å²) < 4.78 is 5.10. The second kappa shape index (κ2) is 11.8. The molecule has 0 aromatic heterocycles. The number of amides is 2. The average Bonchev–Trinajstić information content (AvgIpc) is 2.71. The number of hydrazine groups is 1. The molecule has 7 nitrogen and oxygen atoms in total. The predicted molar refractivity (Wildman–Crippen MR) is 113 cm³/mol. The molecule has 0 saturated heterocycles. The van der Waals surface area contributed by atoms with Crippen molar-refractivity contribution in [1.82, 2.24) is 16.2 Å². The molecule has 0 aliphatic heterocycles. The van der Waals surface area contributed by atoms with E-state index in [0.717, 1.165) is 5.56 Å².